The highest BCUT2D eigenvalue weighted by Crippen LogP contribution is 2.29. The van der Waals surface area contributed by atoms with E-state index in [0.717, 1.165) is 67.6 Å². The molecule has 1 aromatic carbocycles. The van der Waals surface area contributed by atoms with Crippen LogP contribution in [0.25, 0.3) is 11.8 Å². The fraction of sp³-hybridized carbons (Fsp3) is 0.500. The molecule has 2 aliphatic rings. The van der Waals surface area contributed by atoms with Crippen molar-refractivity contribution in [2.75, 3.05) is 39.9 Å². The number of fused-ring (bicyclic) bond motifs is 1. The Hall–Kier alpha value is -2.80. The molecule has 1 fully saturated rings. The molecule has 4 rings (SSSR count). The van der Waals surface area contributed by atoms with Crippen LogP contribution in [0.1, 0.15) is 37.9 Å². The molecule has 7 heteroatoms. The Balaban J connectivity index is 1.59. The van der Waals surface area contributed by atoms with Crippen molar-refractivity contribution in [3.8, 4) is 11.4 Å². The number of imidazole rings is 1. The summed E-state index contributed by atoms with van der Waals surface area (Å²) in [5.41, 5.74) is 4.28. The van der Waals surface area contributed by atoms with Crippen LogP contribution in [-0.2, 0) is 4.84 Å². The van der Waals surface area contributed by atoms with E-state index in [9.17, 15) is 0 Å². The maximum atomic E-state index is 5.68. The van der Waals surface area contributed by atoms with Crippen LogP contribution in [0.5, 0.6) is 5.75 Å². The van der Waals surface area contributed by atoms with Crippen LogP contribution in [0.3, 0.4) is 0 Å². The lowest BCUT2D eigenvalue weighted by Gasteiger charge is -2.41. The van der Waals surface area contributed by atoms with Gasteiger partial charge in [-0.2, -0.15) is 0 Å². The number of methoxy groups -OCH3 is 1. The molecule has 0 bridgehead atoms. The van der Waals surface area contributed by atoms with Crippen LogP contribution >= 0.6 is 0 Å². The molecule has 1 saturated heterocycles. The van der Waals surface area contributed by atoms with Crippen molar-refractivity contribution < 1.29 is 9.57 Å². The summed E-state index contributed by atoms with van der Waals surface area (Å²) in [5, 5.41) is 4.46. The second-order valence-electron chi connectivity index (χ2n) is 8.17. The molecule has 0 radical (unpaired) electrons. The molecule has 1 aromatic heterocycles. The molecule has 7 nitrogen and oxygen atoms in total. The van der Waals surface area contributed by atoms with Gasteiger partial charge < -0.3 is 23.9 Å². The van der Waals surface area contributed by atoms with Gasteiger partial charge in [0.15, 0.2) is 5.84 Å². The average Bonchev–Trinajstić information content (AvgIpc) is 3.23. The fourth-order valence-electron chi connectivity index (χ4n) is 4.40. The Morgan fingerprint density at radius 3 is 2.84 bits per heavy atom. The normalized spacial score (nSPS) is 19.9. The standard InChI is InChI=1S/C24H33N5O2/c1-5-27(6-2)15-21-16-31-26-24-20(8-7-11-29(21)24)12-19-9-10-22(23(13-19)30-4)28-14-18(3)25-17-28/h9-10,12-14,17,21H,5-8,11,15-16H2,1-4H3/b20-12+. The number of rotatable bonds is 7. The molecule has 0 aliphatic carbocycles. The van der Waals surface area contributed by atoms with E-state index in [1.807, 2.05) is 24.0 Å². The number of benzene rings is 1. The molecule has 166 valence electrons. The maximum Gasteiger partial charge on any atom is 0.171 e. The van der Waals surface area contributed by atoms with Crippen molar-refractivity contribution >= 4 is 11.9 Å². The summed E-state index contributed by atoms with van der Waals surface area (Å²) in [4.78, 5) is 14.9. The van der Waals surface area contributed by atoms with Crippen LogP contribution in [0.15, 0.2) is 41.5 Å². The molecule has 2 aromatic rings. The van der Waals surface area contributed by atoms with Crippen LogP contribution in [0.2, 0.25) is 0 Å². The van der Waals surface area contributed by atoms with Crippen molar-refractivity contribution in [1.29, 1.82) is 0 Å². The van der Waals surface area contributed by atoms with E-state index >= 15 is 0 Å². The Kier molecular flexibility index (Phi) is 6.61. The Bertz CT molecular complexity index is 961. The zero-order valence-corrected chi connectivity index (χ0v) is 19.0. The van der Waals surface area contributed by atoms with Gasteiger partial charge in [-0.15, -0.1) is 0 Å². The minimum atomic E-state index is 0.345. The highest BCUT2D eigenvalue weighted by molar-refractivity contribution is 6.02. The monoisotopic (exact) mass is 423 g/mol. The number of hydrogen-bond acceptors (Lipinski definition) is 6. The number of ether oxygens (including phenoxy) is 1. The minimum absolute atomic E-state index is 0.345. The number of oxime groups is 1. The first-order valence-corrected chi connectivity index (χ1v) is 11.2. The first-order chi connectivity index (χ1) is 15.1. The van der Waals surface area contributed by atoms with Crippen molar-refractivity contribution in [2.24, 2.45) is 5.16 Å². The molecule has 1 atom stereocenters. The fourth-order valence-corrected chi connectivity index (χ4v) is 4.40. The predicted octanol–water partition coefficient (Wildman–Crippen LogP) is 3.72. The summed E-state index contributed by atoms with van der Waals surface area (Å²) in [6.45, 7) is 11.2. The van der Waals surface area contributed by atoms with Crippen LogP contribution in [0.4, 0.5) is 0 Å². The van der Waals surface area contributed by atoms with E-state index in [1.165, 1.54) is 5.57 Å². The summed E-state index contributed by atoms with van der Waals surface area (Å²) in [7, 11) is 1.71. The number of aryl methyl sites for hydroxylation is 1. The molecule has 0 N–H and O–H groups in total. The van der Waals surface area contributed by atoms with Crippen molar-refractivity contribution in [3.63, 3.8) is 0 Å². The maximum absolute atomic E-state index is 5.68. The molecule has 1 unspecified atom stereocenters. The summed E-state index contributed by atoms with van der Waals surface area (Å²) >= 11 is 0. The number of hydrogen-bond donors (Lipinski definition) is 0. The molecular formula is C24H33N5O2. The van der Waals surface area contributed by atoms with Gasteiger partial charge in [-0.1, -0.05) is 25.1 Å². The Morgan fingerprint density at radius 2 is 2.13 bits per heavy atom. The van der Waals surface area contributed by atoms with Gasteiger partial charge in [0, 0.05) is 19.3 Å². The van der Waals surface area contributed by atoms with Gasteiger partial charge in [0.2, 0.25) is 0 Å². The number of piperidine rings is 1. The molecule has 3 heterocycles. The summed E-state index contributed by atoms with van der Waals surface area (Å²) in [5.74, 6) is 1.81. The molecule has 0 amide bonds. The first kappa shape index (κ1) is 21.4. The largest absolute Gasteiger partial charge is 0.495 e. The van der Waals surface area contributed by atoms with Crippen molar-refractivity contribution in [2.45, 2.75) is 39.7 Å². The second kappa shape index (κ2) is 9.56. The molecular weight excluding hydrogens is 390 g/mol. The van der Waals surface area contributed by atoms with Gasteiger partial charge >= 0.3 is 0 Å². The van der Waals surface area contributed by atoms with Crippen LogP contribution < -0.4 is 4.74 Å². The van der Waals surface area contributed by atoms with Crippen molar-refractivity contribution in [3.05, 3.63) is 47.6 Å². The molecule has 31 heavy (non-hydrogen) atoms. The zero-order valence-electron chi connectivity index (χ0n) is 19.0. The third-order valence-corrected chi connectivity index (χ3v) is 6.16. The first-order valence-electron chi connectivity index (χ1n) is 11.2. The van der Waals surface area contributed by atoms with Gasteiger partial charge in [0.05, 0.1) is 30.9 Å². The van der Waals surface area contributed by atoms with Crippen LogP contribution in [0, 0.1) is 6.92 Å². The van der Waals surface area contributed by atoms with Crippen molar-refractivity contribution in [1.82, 2.24) is 19.4 Å². The van der Waals surface area contributed by atoms with Gasteiger partial charge in [-0.05, 0) is 62.2 Å². The number of likely N-dealkylation sites (N-methyl/N-ethyl adjacent to an activating group) is 1. The summed E-state index contributed by atoms with van der Waals surface area (Å²) in [6.07, 6.45) is 8.16. The smallest absolute Gasteiger partial charge is 0.171 e. The Labute approximate surface area is 184 Å². The SMILES string of the molecule is CCN(CC)CC1CON=C2/C(=C/c3ccc(-n4cnc(C)c4)c(OC)c3)CCCN21. The minimum Gasteiger partial charge on any atom is -0.495 e. The lowest BCUT2D eigenvalue weighted by atomic mass is 9.98. The van der Waals surface area contributed by atoms with E-state index < -0.39 is 0 Å². The zero-order chi connectivity index (χ0) is 21.8. The third kappa shape index (κ3) is 4.61. The summed E-state index contributed by atoms with van der Waals surface area (Å²) < 4.78 is 7.67. The molecule has 0 saturated carbocycles. The molecule has 0 spiro atoms. The quantitative estimate of drug-likeness (QED) is 0.679. The predicted molar refractivity (Wildman–Crippen MR) is 124 cm³/mol. The number of aromatic nitrogens is 2. The average molecular weight is 424 g/mol. The van der Waals surface area contributed by atoms with Gasteiger partial charge in [-0.25, -0.2) is 4.98 Å². The van der Waals surface area contributed by atoms with Gasteiger partial charge in [0.25, 0.3) is 0 Å². The highest BCUT2D eigenvalue weighted by Gasteiger charge is 2.32. The number of amidine groups is 1. The van der Waals surface area contributed by atoms with Gasteiger partial charge in [-0.3, -0.25) is 0 Å². The molecule has 2 aliphatic heterocycles. The highest BCUT2D eigenvalue weighted by atomic mass is 16.6. The Morgan fingerprint density at radius 1 is 1.29 bits per heavy atom. The van der Waals surface area contributed by atoms with E-state index in [2.05, 4.69) is 58.1 Å². The second-order valence-corrected chi connectivity index (χ2v) is 8.17. The van der Waals surface area contributed by atoms with Gasteiger partial charge in [0.1, 0.15) is 12.4 Å². The lowest BCUT2D eigenvalue weighted by Crippen LogP contribution is -2.53. The van der Waals surface area contributed by atoms with E-state index in [4.69, 9.17) is 9.57 Å². The number of nitrogens with zero attached hydrogens (tertiary/aromatic N) is 5. The summed E-state index contributed by atoms with van der Waals surface area (Å²) in [6, 6.07) is 6.62. The van der Waals surface area contributed by atoms with E-state index in [-0.39, 0.29) is 0 Å². The van der Waals surface area contributed by atoms with E-state index in [1.54, 1.807) is 7.11 Å². The lowest BCUT2D eigenvalue weighted by molar-refractivity contribution is 0.0422. The topological polar surface area (TPSA) is 55.1 Å². The van der Waals surface area contributed by atoms with E-state index in [0.29, 0.717) is 12.6 Å². The third-order valence-electron chi connectivity index (χ3n) is 6.16. The van der Waals surface area contributed by atoms with Crippen LogP contribution in [-0.4, -0.2) is 71.1 Å².